The average molecular weight is 421 g/mol. The van der Waals surface area contributed by atoms with Crippen molar-refractivity contribution in [1.82, 2.24) is 10.2 Å². The first-order valence-electron chi connectivity index (χ1n) is 8.73. The fourth-order valence-electron chi connectivity index (χ4n) is 3.74. The molecule has 0 amide bonds. The molecular weight excluding hydrogens is 389 g/mol. The van der Waals surface area contributed by atoms with Gasteiger partial charge in [0.2, 0.25) is 0 Å². The topological polar surface area (TPSA) is 36.9 Å². The van der Waals surface area contributed by atoms with Crippen molar-refractivity contribution < 1.29 is 4.74 Å². The highest BCUT2D eigenvalue weighted by Gasteiger charge is 2.53. The largest absolute Gasteiger partial charge is 0.381 e. The summed E-state index contributed by atoms with van der Waals surface area (Å²) in [5.74, 6) is 2.92. The van der Waals surface area contributed by atoms with E-state index in [2.05, 4.69) is 22.3 Å². The van der Waals surface area contributed by atoms with Gasteiger partial charge in [-0.3, -0.25) is 4.99 Å². The summed E-state index contributed by atoms with van der Waals surface area (Å²) in [6.45, 7) is 4.13. The third-order valence-corrected chi connectivity index (χ3v) is 5.72. The van der Waals surface area contributed by atoms with Crippen LogP contribution < -0.4 is 5.32 Å². The van der Waals surface area contributed by atoms with Crippen molar-refractivity contribution >= 4 is 29.9 Å². The van der Waals surface area contributed by atoms with E-state index in [1.165, 1.54) is 44.9 Å². The van der Waals surface area contributed by atoms with Crippen LogP contribution in [-0.4, -0.2) is 51.3 Å². The standard InChI is InChI=1S/C17H31N3O.HI/c1-18-16(19-13-17(8-9-17)15-3-4-15)20(2)10-5-14-6-11-21-12-7-14;/h14-15H,3-13H2,1-2H3,(H,18,19);1H. The Hall–Kier alpha value is -0.0400. The fourth-order valence-corrected chi connectivity index (χ4v) is 3.74. The minimum absolute atomic E-state index is 0. The van der Waals surface area contributed by atoms with Gasteiger partial charge in [-0.25, -0.2) is 0 Å². The summed E-state index contributed by atoms with van der Waals surface area (Å²) in [5, 5.41) is 3.63. The molecule has 1 heterocycles. The zero-order valence-electron chi connectivity index (χ0n) is 14.1. The second kappa shape index (κ2) is 8.18. The summed E-state index contributed by atoms with van der Waals surface area (Å²) in [4.78, 5) is 6.77. The van der Waals surface area contributed by atoms with Crippen LogP contribution in [0.1, 0.15) is 44.9 Å². The third-order valence-electron chi connectivity index (χ3n) is 5.72. The van der Waals surface area contributed by atoms with Crippen molar-refractivity contribution in [2.75, 3.05) is 40.4 Å². The van der Waals surface area contributed by atoms with Crippen LogP contribution >= 0.6 is 24.0 Å². The van der Waals surface area contributed by atoms with E-state index in [-0.39, 0.29) is 24.0 Å². The Bertz CT molecular complexity index is 374. The molecule has 5 heteroatoms. The molecule has 22 heavy (non-hydrogen) atoms. The van der Waals surface area contributed by atoms with Crippen molar-refractivity contribution in [3.8, 4) is 0 Å². The van der Waals surface area contributed by atoms with Crippen LogP contribution in [0.15, 0.2) is 4.99 Å². The summed E-state index contributed by atoms with van der Waals surface area (Å²) in [7, 11) is 4.08. The summed E-state index contributed by atoms with van der Waals surface area (Å²) in [6.07, 6.45) is 9.48. The predicted molar refractivity (Wildman–Crippen MR) is 102 cm³/mol. The van der Waals surface area contributed by atoms with Crippen LogP contribution in [0.5, 0.6) is 0 Å². The molecule has 2 saturated carbocycles. The molecule has 128 valence electrons. The van der Waals surface area contributed by atoms with Gasteiger partial charge in [-0.2, -0.15) is 0 Å². The zero-order chi connectivity index (χ0) is 14.7. The van der Waals surface area contributed by atoms with Gasteiger partial charge >= 0.3 is 0 Å². The van der Waals surface area contributed by atoms with Crippen molar-refractivity contribution in [3.05, 3.63) is 0 Å². The molecule has 3 fully saturated rings. The smallest absolute Gasteiger partial charge is 0.193 e. The Morgan fingerprint density at radius 1 is 1.23 bits per heavy atom. The minimum Gasteiger partial charge on any atom is -0.381 e. The van der Waals surface area contributed by atoms with Gasteiger partial charge < -0.3 is 15.0 Å². The molecular formula is C17H32IN3O. The maximum atomic E-state index is 5.44. The Balaban J connectivity index is 0.00000176. The van der Waals surface area contributed by atoms with Gasteiger partial charge in [-0.05, 0) is 62.2 Å². The van der Waals surface area contributed by atoms with Crippen LogP contribution in [-0.2, 0) is 4.74 Å². The molecule has 0 bridgehead atoms. The van der Waals surface area contributed by atoms with Crippen LogP contribution in [0.4, 0.5) is 0 Å². The molecule has 0 unspecified atom stereocenters. The summed E-state index contributed by atoms with van der Waals surface area (Å²) >= 11 is 0. The number of hydrogen-bond donors (Lipinski definition) is 1. The second-order valence-corrected chi connectivity index (χ2v) is 7.30. The van der Waals surface area contributed by atoms with Gasteiger partial charge in [0.25, 0.3) is 0 Å². The van der Waals surface area contributed by atoms with E-state index >= 15 is 0 Å². The van der Waals surface area contributed by atoms with E-state index < -0.39 is 0 Å². The summed E-state index contributed by atoms with van der Waals surface area (Å²) in [5.41, 5.74) is 0.636. The van der Waals surface area contributed by atoms with Gasteiger partial charge in [0, 0.05) is 40.4 Å². The number of nitrogens with one attached hydrogen (secondary N) is 1. The maximum absolute atomic E-state index is 5.44. The molecule has 1 aliphatic heterocycles. The minimum atomic E-state index is 0. The van der Waals surface area contributed by atoms with E-state index in [0.717, 1.165) is 44.1 Å². The highest BCUT2D eigenvalue weighted by Crippen LogP contribution is 2.60. The van der Waals surface area contributed by atoms with Crippen LogP contribution in [0.2, 0.25) is 0 Å². The molecule has 0 aromatic heterocycles. The van der Waals surface area contributed by atoms with Crippen LogP contribution in [0.3, 0.4) is 0 Å². The van der Waals surface area contributed by atoms with Gasteiger partial charge in [-0.1, -0.05) is 0 Å². The van der Waals surface area contributed by atoms with Gasteiger partial charge in [0.1, 0.15) is 0 Å². The lowest BCUT2D eigenvalue weighted by Gasteiger charge is -2.27. The predicted octanol–water partition coefficient (Wildman–Crippen LogP) is 3.12. The number of halogens is 1. The van der Waals surface area contributed by atoms with E-state index in [1.807, 2.05) is 7.05 Å². The van der Waals surface area contributed by atoms with E-state index in [4.69, 9.17) is 4.74 Å². The first-order chi connectivity index (χ1) is 10.2. The van der Waals surface area contributed by atoms with Gasteiger partial charge in [0.05, 0.1) is 0 Å². The molecule has 0 spiro atoms. The lowest BCUT2D eigenvalue weighted by molar-refractivity contribution is 0.0625. The molecule has 1 saturated heterocycles. The number of guanidine groups is 1. The van der Waals surface area contributed by atoms with Crippen molar-refractivity contribution in [2.24, 2.45) is 22.2 Å². The monoisotopic (exact) mass is 421 g/mol. The molecule has 4 nitrogen and oxygen atoms in total. The second-order valence-electron chi connectivity index (χ2n) is 7.30. The van der Waals surface area contributed by atoms with Crippen molar-refractivity contribution in [2.45, 2.75) is 44.9 Å². The van der Waals surface area contributed by atoms with E-state index in [9.17, 15) is 0 Å². The Morgan fingerprint density at radius 2 is 1.91 bits per heavy atom. The van der Waals surface area contributed by atoms with Gasteiger partial charge in [-0.15, -0.1) is 24.0 Å². The molecule has 0 atom stereocenters. The highest BCUT2D eigenvalue weighted by molar-refractivity contribution is 14.0. The molecule has 0 radical (unpaired) electrons. The van der Waals surface area contributed by atoms with Crippen LogP contribution in [0.25, 0.3) is 0 Å². The lowest BCUT2D eigenvalue weighted by atomic mass is 9.96. The SMILES string of the molecule is CN=C(NCC1(C2CC2)CC1)N(C)CCC1CCOCC1.I. The number of hydrogen-bond acceptors (Lipinski definition) is 2. The molecule has 3 rings (SSSR count). The molecule has 0 aromatic carbocycles. The Morgan fingerprint density at radius 3 is 2.45 bits per heavy atom. The fraction of sp³-hybridized carbons (Fsp3) is 0.941. The summed E-state index contributed by atoms with van der Waals surface area (Å²) < 4.78 is 5.44. The van der Waals surface area contributed by atoms with Crippen molar-refractivity contribution in [3.63, 3.8) is 0 Å². The maximum Gasteiger partial charge on any atom is 0.193 e. The Kier molecular flexibility index (Phi) is 6.80. The normalized spacial score (nSPS) is 24.5. The molecule has 1 N–H and O–H groups in total. The number of aliphatic imine (C=N–C) groups is 1. The summed E-state index contributed by atoms with van der Waals surface area (Å²) in [6, 6.07) is 0. The third kappa shape index (κ3) is 4.73. The first-order valence-corrected chi connectivity index (χ1v) is 8.73. The zero-order valence-corrected chi connectivity index (χ0v) is 16.5. The van der Waals surface area contributed by atoms with Crippen molar-refractivity contribution in [1.29, 1.82) is 0 Å². The Labute approximate surface area is 152 Å². The lowest BCUT2D eigenvalue weighted by Crippen LogP contribution is -2.42. The highest BCUT2D eigenvalue weighted by atomic mass is 127. The molecule has 2 aliphatic carbocycles. The van der Waals surface area contributed by atoms with Gasteiger partial charge in [0.15, 0.2) is 5.96 Å². The van der Waals surface area contributed by atoms with Crippen LogP contribution in [0, 0.1) is 17.3 Å². The molecule has 0 aromatic rings. The number of rotatable bonds is 6. The van der Waals surface area contributed by atoms with E-state index in [0.29, 0.717) is 5.41 Å². The van der Waals surface area contributed by atoms with E-state index in [1.54, 1.807) is 0 Å². The first kappa shape index (κ1) is 18.3. The quantitative estimate of drug-likeness (QED) is 0.407. The molecule has 3 aliphatic rings. The number of nitrogens with zero attached hydrogens (tertiary/aromatic N) is 2. The average Bonchev–Trinajstić information content (AvgIpc) is 3.39. The number of ether oxygens (including phenoxy) is 1.